The highest BCUT2D eigenvalue weighted by Crippen LogP contribution is 2.17. The number of anilines is 2. The number of hydrogen-bond donors (Lipinski definition) is 1. The summed E-state index contributed by atoms with van der Waals surface area (Å²) in [5, 5.41) is 11.8. The van der Waals surface area contributed by atoms with Crippen LogP contribution < -0.4 is 10.2 Å². The van der Waals surface area contributed by atoms with Gasteiger partial charge in [-0.3, -0.25) is 4.79 Å². The molecule has 0 aliphatic carbocycles. The summed E-state index contributed by atoms with van der Waals surface area (Å²) in [6.45, 7) is 6.00. The molecule has 2 aromatic carbocycles. The van der Waals surface area contributed by atoms with Crippen molar-refractivity contribution in [3.05, 3.63) is 65.5 Å². The number of carbonyl (C=O) groups excluding carboxylic acids is 1. The Bertz CT molecular complexity index is 785. The highest BCUT2D eigenvalue weighted by atomic mass is 19.1. The summed E-state index contributed by atoms with van der Waals surface area (Å²) in [5.74, 6) is -0.913. The lowest BCUT2D eigenvalue weighted by atomic mass is 10.1. The second kappa shape index (κ2) is 8.65. The van der Waals surface area contributed by atoms with Crippen LogP contribution in [0.2, 0.25) is 0 Å². The fourth-order valence-electron chi connectivity index (χ4n) is 2.42. The summed E-state index contributed by atoms with van der Waals surface area (Å²) in [6.07, 6.45) is 1.53. The van der Waals surface area contributed by atoms with Gasteiger partial charge >= 0.3 is 0 Å². The molecule has 0 spiro atoms. The average Bonchev–Trinajstić information content (AvgIpc) is 2.63. The molecule has 128 valence electrons. The van der Waals surface area contributed by atoms with Gasteiger partial charge in [-0.1, -0.05) is 12.1 Å². The molecule has 2 aromatic rings. The van der Waals surface area contributed by atoms with E-state index in [1.54, 1.807) is 0 Å². The monoisotopic (exact) mass is 337 g/mol. The predicted octanol–water partition coefficient (Wildman–Crippen LogP) is 4.22. The van der Waals surface area contributed by atoms with Crippen LogP contribution >= 0.6 is 0 Å². The smallest absolute Gasteiger partial charge is 0.266 e. The number of rotatable bonds is 6. The molecule has 4 nitrogen and oxygen atoms in total. The molecular weight excluding hydrogens is 317 g/mol. The van der Waals surface area contributed by atoms with Crippen molar-refractivity contribution in [1.29, 1.82) is 5.26 Å². The van der Waals surface area contributed by atoms with Crippen molar-refractivity contribution < 1.29 is 9.18 Å². The van der Waals surface area contributed by atoms with Crippen LogP contribution in [0.4, 0.5) is 15.8 Å². The Hall–Kier alpha value is -3.13. The number of benzene rings is 2. The molecule has 0 saturated heterocycles. The number of halogens is 1. The van der Waals surface area contributed by atoms with Crippen molar-refractivity contribution in [2.24, 2.45) is 0 Å². The third kappa shape index (κ3) is 4.92. The van der Waals surface area contributed by atoms with Gasteiger partial charge in [0, 0.05) is 24.5 Å². The number of nitrogens with zero attached hydrogens (tertiary/aromatic N) is 2. The molecule has 0 radical (unpaired) electrons. The van der Waals surface area contributed by atoms with Crippen LogP contribution in [0, 0.1) is 17.1 Å². The largest absolute Gasteiger partial charge is 0.372 e. The fourth-order valence-corrected chi connectivity index (χ4v) is 2.42. The zero-order valence-electron chi connectivity index (χ0n) is 14.3. The van der Waals surface area contributed by atoms with E-state index < -0.39 is 5.91 Å². The Labute approximate surface area is 147 Å². The van der Waals surface area contributed by atoms with E-state index >= 15 is 0 Å². The van der Waals surface area contributed by atoms with E-state index in [-0.39, 0.29) is 11.4 Å². The van der Waals surface area contributed by atoms with Crippen LogP contribution in [0.3, 0.4) is 0 Å². The molecule has 0 aliphatic rings. The Balaban J connectivity index is 2.14. The van der Waals surface area contributed by atoms with Crippen molar-refractivity contribution >= 4 is 23.4 Å². The lowest BCUT2D eigenvalue weighted by molar-refractivity contribution is -0.112. The average molecular weight is 337 g/mol. The summed E-state index contributed by atoms with van der Waals surface area (Å²) < 4.78 is 12.9. The molecule has 25 heavy (non-hydrogen) atoms. The first-order valence-corrected chi connectivity index (χ1v) is 8.11. The Morgan fingerprint density at radius 3 is 2.24 bits per heavy atom. The van der Waals surface area contributed by atoms with Gasteiger partial charge in [0.05, 0.1) is 0 Å². The normalized spacial score (nSPS) is 10.9. The minimum Gasteiger partial charge on any atom is -0.372 e. The van der Waals surface area contributed by atoms with Crippen LogP contribution in [-0.2, 0) is 4.79 Å². The van der Waals surface area contributed by atoms with Gasteiger partial charge in [-0.05, 0) is 61.9 Å². The Morgan fingerprint density at radius 1 is 1.12 bits per heavy atom. The summed E-state index contributed by atoms with van der Waals surface area (Å²) in [6, 6.07) is 15.0. The van der Waals surface area contributed by atoms with Crippen molar-refractivity contribution in [2.45, 2.75) is 13.8 Å². The lowest BCUT2D eigenvalue weighted by Gasteiger charge is -2.20. The van der Waals surface area contributed by atoms with Crippen LogP contribution in [0.1, 0.15) is 19.4 Å². The van der Waals surface area contributed by atoms with Crippen molar-refractivity contribution in [1.82, 2.24) is 0 Å². The summed E-state index contributed by atoms with van der Waals surface area (Å²) in [7, 11) is 0. The van der Waals surface area contributed by atoms with E-state index in [4.69, 9.17) is 0 Å². The predicted molar refractivity (Wildman–Crippen MR) is 98.6 cm³/mol. The van der Waals surface area contributed by atoms with Crippen molar-refractivity contribution in [2.75, 3.05) is 23.3 Å². The van der Waals surface area contributed by atoms with Gasteiger partial charge in [-0.25, -0.2) is 4.39 Å². The molecule has 1 N–H and O–H groups in total. The van der Waals surface area contributed by atoms with E-state index in [0.29, 0.717) is 5.69 Å². The maximum Gasteiger partial charge on any atom is 0.266 e. The maximum atomic E-state index is 12.9. The molecule has 1 amide bonds. The maximum absolute atomic E-state index is 12.9. The van der Waals surface area contributed by atoms with Gasteiger partial charge in [-0.15, -0.1) is 0 Å². The van der Waals surface area contributed by atoms with Crippen molar-refractivity contribution in [3.63, 3.8) is 0 Å². The molecule has 0 unspecified atom stereocenters. The van der Waals surface area contributed by atoms with Crippen LogP contribution in [-0.4, -0.2) is 19.0 Å². The first kappa shape index (κ1) is 18.2. The molecule has 5 heteroatoms. The number of hydrogen-bond acceptors (Lipinski definition) is 3. The Kier molecular flexibility index (Phi) is 6.30. The zero-order valence-corrected chi connectivity index (χ0v) is 14.3. The second-order valence-electron chi connectivity index (χ2n) is 5.39. The van der Waals surface area contributed by atoms with E-state index in [2.05, 4.69) is 24.1 Å². The minimum absolute atomic E-state index is 0.0140. The van der Waals surface area contributed by atoms with Gasteiger partial charge in [0.25, 0.3) is 5.91 Å². The molecule has 0 fully saturated rings. The third-order valence-electron chi connectivity index (χ3n) is 3.80. The molecule has 0 atom stereocenters. The number of nitrogens with one attached hydrogen (secondary N) is 1. The van der Waals surface area contributed by atoms with Gasteiger partial charge in [0.2, 0.25) is 0 Å². The molecule has 0 heterocycles. The highest BCUT2D eigenvalue weighted by Gasteiger charge is 2.10. The van der Waals surface area contributed by atoms with Crippen LogP contribution in [0.25, 0.3) is 6.08 Å². The first-order chi connectivity index (χ1) is 12.1. The number of amides is 1. The minimum atomic E-state index is -0.526. The van der Waals surface area contributed by atoms with Crippen molar-refractivity contribution in [3.8, 4) is 6.07 Å². The molecule has 2 rings (SSSR count). The van der Waals surface area contributed by atoms with Crippen LogP contribution in [0.15, 0.2) is 54.1 Å². The topological polar surface area (TPSA) is 56.1 Å². The van der Waals surface area contributed by atoms with Gasteiger partial charge < -0.3 is 10.2 Å². The van der Waals surface area contributed by atoms with E-state index in [1.165, 1.54) is 30.3 Å². The standard InChI is InChI=1S/C20H20FN3O/c1-3-24(4-2)19-11-5-15(6-12-19)13-16(14-22)20(25)23-18-9-7-17(21)8-10-18/h5-13H,3-4H2,1-2H3,(H,23,25). The molecule has 0 saturated carbocycles. The lowest BCUT2D eigenvalue weighted by Crippen LogP contribution is -2.21. The summed E-state index contributed by atoms with van der Waals surface area (Å²) in [4.78, 5) is 14.4. The quantitative estimate of drug-likeness (QED) is 0.634. The SMILES string of the molecule is CCN(CC)c1ccc(C=C(C#N)C(=O)Nc2ccc(F)cc2)cc1. The zero-order chi connectivity index (χ0) is 18.2. The third-order valence-corrected chi connectivity index (χ3v) is 3.80. The molecule has 0 bridgehead atoms. The number of nitriles is 1. The molecule has 0 aliphatic heterocycles. The first-order valence-electron chi connectivity index (χ1n) is 8.11. The van der Waals surface area contributed by atoms with Gasteiger partial charge in [0.15, 0.2) is 0 Å². The van der Waals surface area contributed by atoms with E-state index in [1.807, 2.05) is 30.3 Å². The number of carbonyl (C=O) groups is 1. The molecular formula is C20H20FN3O. The van der Waals surface area contributed by atoms with Crippen LogP contribution in [0.5, 0.6) is 0 Å². The van der Waals surface area contributed by atoms with Gasteiger partial charge in [0.1, 0.15) is 17.5 Å². The Morgan fingerprint density at radius 2 is 1.72 bits per heavy atom. The highest BCUT2D eigenvalue weighted by molar-refractivity contribution is 6.09. The fraction of sp³-hybridized carbons (Fsp3) is 0.200. The second-order valence-corrected chi connectivity index (χ2v) is 5.39. The summed E-state index contributed by atoms with van der Waals surface area (Å²) in [5.41, 5.74) is 2.28. The van der Waals surface area contributed by atoms with Gasteiger partial charge in [-0.2, -0.15) is 5.26 Å². The van der Waals surface area contributed by atoms with E-state index in [9.17, 15) is 14.4 Å². The van der Waals surface area contributed by atoms with E-state index in [0.717, 1.165) is 24.3 Å². The molecule has 0 aromatic heterocycles. The summed E-state index contributed by atoms with van der Waals surface area (Å²) >= 11 is 0.